The van der Waals surface area contributed by atoms with Crippen LogP contribution in [0.3, 0.4) is 0 Å². The summed E-state index contributed by atoms with van der Waals surface area (Å²) in [6.07, 6.45) is 3.29. The molecule has 0 N–H and O–H groups in total. The number of fused-ring (bicyclic) bond motifs is 3. The first kappa shape index (κ1) is 16.3. The van der Waals surface area contributed by atoms with E-state index in [1.54, 1.807) is 53.4 Å². The van der Waals surface area contributed by atoms with E-state index < -0.39 is 15.1 Å². The van der Waals surface area contributed by atoms with Crippen LogP contribution in [0.4, 0.5) is 0 Å². The number of furan rings is 1. The van der Waals surface area contributed by atoms with Crippen LogP contribution in [0.1, 0.15) is 22.0 Å². The maximum absolute atomic E-state index is 13.0. The van der Waals surface area contributed by atoms with Crippen LogP contribution in [0.15, 0.2) is 58.2 Å². The molecule has 0 saturated carbocycles. The van der Waals surface area contributed by atoms with Gasteiger partial charge in [-0.2, -0.15) is 5.10 Å². The predicted molar refractivity (Wildman–Crippen MR) is 97.0 cm³/mol. The summed E-state index contributed by atoms with van der Waals surface area (Å²) in [5.74, 6) is 0.231. The van der Waals surface area contributed by atoms with Gasteiger partial charge >= 0.3 is 0 Å². The fourth-order valence-electron chi connectivity index (χ4n) is 4.10. The van der Waals surface area contributed by atoms with Crippen LogP contribution in [-0.2, 0) is 16.9 Å². The predicted octanol–water partition coefficient (Wildman–Crippen LogP) is 2.08. The highest BCUT2D eigenvalue weighted by atomic mass is 32.2. The minimum Gasteiger partial charge on any atom is -0.464 e. The molecule has 5 rings (SSSR count). The van der Waals surface area contributed by atoms with Gasteiger partial charge in [-0.3, -0.25) is 9.48 Å². The average molecular weight is 383 g/mol. The number of sulfone groups is 1. The summed E-state index contributed by atoms with van der Waals surface area (Å²) in [7, 11) is -1.72. The number of amides is 1. The van der Waals surface area contributed by atoms with Crippen molar-refractivity contribution in [2.75, 3.05) is 13.1 Å². The number of aromatic nitrogens is 2. The molecule has 2 aliphatic rings. The van der Waals surface area contributed by atoms with Crippen molar-refractivity contribution >= 4 is 15.7 Å². The maximum Gasteiger partial charge on any atom is 0.274 e. The smallest absolute Gasteiger partial charge is 0.274 e. The van der Waals surface area contributed by atoms with Crippen molar-refractivity contribution in [3.8, 4) is 11.3 Å². The summed E-state index contributed by atoms with van der Waals surface area (Å²) in [5.41, 5.74) is 1.94. The Balaban J connectivity index is 1.52. The minimum absolute atomic E-state index is 0.188. The lowest BCUT2D eigenvalue weighted by Gasteiger charge is -2.16. The molecule has 2 atom stereocenters. The van der Waals surface area contributed by atoms with Gasteiger partial charge in [0.1, 0.15) is 11.5 Å². The topological polar surface area (TPSA) is 85.4 Å². The highest BCUT2D eigenvalue weighted by Gasteiger charge is 2.51. The molecular formula is C19H17N3O4S. The van der Waals surface area contributed by atoms with Crippen molar-refractivity contribution in [3.05, 3.63) is 60.1 Å². The molecule has 1 aromatic carbocycles. The molecule has 27 heavy (non-hydrogen) atoms. The van der Waals surface area contributed by atoms with Gasteiger partial charge < -0.3 is 9.32 Å². The van der Waals surface area contributed by atoms with Crippen LogP contribution in [0.2, 0.25) is 0 Å². The van der Waals surface area contributed by atoms with E-state index in [9.17, 15) is 13.2 Å². The van der Waals surface area contributed by atoms with Crippen LogP contribution >= 0.6 is 0 Å². The van der Waals surface area contributed by atoms with E-state index in [2.05, 4.69) is 5.10 Å². The second kappa shape index (κ2) is 5.56. The Bertz CT molecular complexity index is 1150. The van der Waals surface area contributed by atoms with Crippen molar-refractivity contribution in [1.82, 2.24) is 14.7 Å². The quantitative estimate of drug-likeness (QED) is 0.676. The summed E-state index contributed by atoms with van der Waals surface area (Å²) < 4.78 is 33.0. The molecule has 0 aliphatic carbocycles. The molecule has 8 heteroatoms. The molecule has 0 spiro atoms. The third-order valence-electron chi connectivity index (χ3n) is 5.41. The Hall–Kier alpha value is -2.87. The molecule has 1 amide bonds. The van der Waals surface area contributed by atoms with Gasteiger partial charge in [-0.1, -0.05) is 0 Å². The lowest BCUT2D eigenvalue weighted by Crippen LogP contribution is -2.32. The van der Waals surface area contributed by atoms with E-state index in [0.717, 1.165) is 11.1 Å². The Morgan fingerprint density at radius 3 is 2.78 bits per heavy atom. The zero-order valence-electron chi connectivity index (χ0n) is 14.6. The van der Waals surface area contributed by atoms with Crippen LogP contribution < -0.4 is 0 Å². The molecule has 1 fully saturated rings. The molecule has 0 radical (unpaired) electrons. The number of carbonyl (C=O) groups is 1. The number of likely N-dealkylation sites (tertiary alicyclic amines) is 1. The maximum atomic E-state index is 13.0. The third-order valence-corrected chi connectivity index (χ3v) is 7.67. The Morgan fingerprint density at radius 2 is 2.07 bits per heavy atom. The minimum atomic E-state index is -3.46. The van der Waals surface area contributed by atoms with Gasteiger partial charge in [0, 0.05) is 37.8 Å². The van der Waals surface area contributed by atoms with Gasteiger partial charge in [-0.25, -0.2) is 8.42 Å². The van der Waals surface area contributed by atoms with Gasteiger partial charge in [0.05, 0.1) is 16.4 Å². The van der Waals surface area contributed by atoms with E-state index in [4.69, 9.17) is 4.42 Å². The van der Waals surface area contributed by atoms with E-state index >= 15 is 0 Å². The Labute approximate surface area is 156 Å². The first-order valence-electron chi connectivity index (χ1n) is 8.66. The fourth-order valence-corrected chi connectivity index (χ4v) is 6.26. The molecule has 138 valence electrons. The largest absolute Gasteiger partial charge is 0.464 e. The normalized spacial score (nSPS) is 22.6. The van der Waals surface area contributed by atoms with E-state index in [-0.39, 0.29) is 18.4 Å². The summed E-state index contributed by atoms with van der Waals surface area (Å²) in [6.45, 7) is 0.557. The number of rotatable bonds is 2. The molecule has 2 unspecified atom stereocenters. The van der Waals surface area contributed by atoms with Gasteiger partial charge in [0.2, 0.25) is 0 Å². The standard InChI is InChI=1S/C19H17N3O4S/c1-21-7-6-15(20-21)19(23)22-10-14-13-9-12(16-3-2-8-26-16)4-5-17(13)27(24,25)18(14)11-22/h2-9,14,18H,10-11H2,1H3. The van der Waals surface area contributed by atoms with Crippen molar-refractivity contribution in [3.63, 3.8) is 0 Å². The second-order valence-corrected chi connectivity index (χ2v) is 9.14. The molecule has 2 aliphatic heterocycles. The van der Waals surface area contributed by atoms with E-state index in [0.29, 0.717) is 22.9 Å². The van der Waals surface area contributed by atoms with Crippen LogP contribution in [0.25, 0.3) is 11.3 Å². The van der Waals surface area contributed by atoms with Gasteiger partial charge in [-0.05, 0) is 42.0 Å². The zero-order chi connectivity index (χ0) is 18.8. The average Bonchev–Trinajstić information content (AvgIpc) is 3.41. The van der Waals surface area contributed by atoms with Gasteiger partial charge in [0.25, 0.3) is 5.91 Å². The number of aryl methyl sites for hydroxylation is 1. The Morgan fingerprint density at radius 1 is 1.22 bits per heavy atom. The summed E-state index contributed by atoms with van der Waals surface area (Å²) >= 11 is 0. The first-order chi connectivity index (χ1) is 12.9. The Kier molecular flexibility index (Phi) is 3.36. The van der Waals surface area contributed by atoms with Gasteiger partial charge in [0.15, 0.2) is 9.84 Å². The van der Waals surface area contributed by atoms with E-state index in [1.807, 2.05) is 12.1 Å². The van der Waals surface area contributed by atoms with Crippen LogP contribution in [0.5, 0.6) is 0 Å². The number of carbonyl (C=O) groups excluding carboxylic acids is 1. The number of nitrogens with zero attached hydrogens (tertiary/aromatic N) is 3. The van der Waals surface area contributed by atoms with Crippen molar-refractivity contribution in [1.29, 1.82) is 0 Å². The highest BCUT2D eigenvalue weighted by Crippen LogP contribution is 2.46. The number of hydrogen-bond acceptors (Lipinski definition) is 5. The molecule has 0 bridgehead atoms. The SMILES string of the molecule is Cn1ccc(C(=O)N2CC3c4cc(-c5ccco5)ccc4S(=O)(=O)C3C2)n1. The first-order valence-corrected chi connectivity index (χ1v) is 10.2. The van der Waals surface area contributed by atoms with Crippen molar-refractivity contribution < 1.29 is 17.6 Å². The molecule has 2 aromatic heterocycles. The second-order valence-electron chi connectivity index (χ2n) is 7.00. The van der Waals surface area contributed by atoms with Crippen molar-refractivity contribution in [2.45, 2.75) is 16.1 Å². The third kappa shape index (κ3) is 2.36. The van der Waals surface area contributed by atoms with E-state index in [1.165, 1.54) is 0 Å². The van der Waals surface area contributed by atoms with Crippen LogP contribution in [0, 0.1) is 0 Å². The lowest BCUT2D eigenvalue weighted by molar-refractivity contribution is 0.0784. The molecule has 1 saturated heterocycles. The summed E-state index contributed by atoms with van der Waals surface area (Å²) in [6, 6.07) is 10.6. The lowest BCUT2D eigenvalue weighted by atomic mass is 9.96. The molecule has 3 aromatic rings. The monoisotopic (exact) mass is 383 g/mol. The zero-order valence-corrected chi connectivity index (χ0v) is 15.4. The number of hydrogen-bond donors (Lipinski definition) is 0. The molecule has 4 heterocycles. The number of benzene rings is 1. The van der Waals surface area contributed by atoms with Gasteiger partial charge in [-0.15, -0.1) is 0 Å². The summed E-state index contributed by atoms with van der Waals surface area (Å²) in [4.78, 5) is 14.7. The van der Waals surface area contributed by atoms with Crippen molar-refractivity contribution in [2.24, 2.45) is 7.05 Å². The fraction of sp³-hybridized carbons (Fsp3) is 0.263. The molecular weight excluding hydrogens is 366 g/mol. The summed E-state index contributed by atoms with van der Waals surface area (Å²) in [5, 5.41) is 3.54. The highest BCUT2D eigenvalue weighted by molar-refractivity contribution is 7.92. The molecule has 7 nitrogen and oxygen atoms in total. The van der Waals surface area contributed by atoms with Crippen LogP contribution in [-0.4, -0.2) is 47.3 Å².